The first-order valence-electron chi connectivity index (χ1n) is 9.04. The average molecular weight is 367 g/mol. The van der Waals surface area contributed by atoms with Crippen LogP contribution in [0, 0.1) is 11.8 Å². The average Bonchev–Trinajstić information content (AvgIpc) is 2.51. The Morgan fingerprint density at radius 1 is 1.20 bits per heavy atom. The number of rotatable bonds is 10. The Hall–Kier alpha value is -0.973. The molecular weight excluding hydrogens is 328 g/mol. The van der Waals surface area contributed by atoms with E-state index in [1.165, 1.54) is 0 Å². The minimum Gasteiger partial charge on any atom is -0.410 e. The van der Waals surface area contributed by atoms with Gasteiger partial charge in [0.2, 0.25) is 0 Å². The van der Waals surface area contributed by atoms with Crippen LogP contribution >= 0.6 is 0 Å². The molecule has 3 nitrogen and oxygen atoms in total. The molecule has 0 aromatic rings. The van der Waals surface area contributed by atoms with Crippen LogP contribution in [-0.4, -0.2) is 33.9 Å². The molecule has 0 N–H and O–H groups in total. The fraction of sp³-hybridized carbons (Fsp3) is 0.667. The van der Waals surface area contributed by atoms with Crippen molar-refractivity contribution in [1.82, 2.24) is 0 Å². The van der Waals surface area contributed by atoms with E-state index in [-0.39, 0.29) is 29.1 Å². The van der Waals surface area contributed by atoms with Gasteiger partial charge in [-0.3, -0.25) is 0 Å². The fourth-order valence-electron chi connectivity index (χ4n) is 2.40. The van der Waals surface area contributed by atoms with E-state index in [1.54, 1.807) is 7.11 Å². The Balaban J connectivity index is 5.30. The van der Waals surface area contributed by atoms with Crippen molar-refractivity contribution in [2.24, 2.45) is 11.8 Å². The summed E-state index contributed by atoms with van der Waals surface area (Å²) in [5.74, 6) is 0.0649. The second-order valence-electron chi connectivity index (χ2n) is 8.38. The number of aldehydes is 1. The second-order valence-corrected chi connectivity index (χ2v) is 13.1. The van der Waals surface area contributed by atoms with Gasteiger partial charge in [-0.25, -0.2) is 0 Å². The lowest BCUT2D eigenvalue weighted by atomic mass is 9.92. The molecule has 0 spiro atoms. The summed E-state index contributed by atoms with van der Waals surface area (Å²) in [6.07, 6.45) is 8.51. The van der Waals surface area contributed by atoms with E-state index in [2.05, 4.69) is 47.4 Å². The SMILES string of the molecule is C=C[C@@H](O[Si](C)(C)C(C)(C)C)[C@H](C)[C@H](OC)/C(C)=C/C=C/[C@H](C)C=O. The minimum absolute atomic E-state index is 0.0629. The van der Waals surface area contributed by atoms with Crippen LogP contribution in [0.3, 0.4) is 0 Å². The summed E-state index contributed by atoms with van der Waals surface area (Å²) in [7, 11) is -0.165. The van der Waals surface area contributed by atoms with Gasteiger partial charge >= 0.3 is 0 Å². The van der Waals surface area contributed by atoms with Gasteiger partial charge in [0.25, 0.3) is 0 Å². The molecule has 0 aliphatic carbocycles. The number of carbonyl (C=O) groups excluding carboxylic acids is 1. The van der Waals surface area contributed by atoms with E-state index in [0.29, 0.717) is 0 Å². The van der Waals surface area contributed by atoms with Crippen LogP contribution in [0.4, 0.5) is 0 Å². The van der Waals surface area contributed by atoms with Crippen molar-refractivity contribution >= 4 is 14.6 Å². The van der Waals surface area contributed by atoms with Gasteiger partial charge in [0.1, 0.15) is 6.29 Å². The third-order valence-corrected chi connectivity index (χ3v) is 9.63. The van der Waals surface area contributed by atoms with E-state index in [0.717, 1.165) is 11.9 Å². The molecule has 0 heterocycles. The monoisotopic (exact) mass is 366 g/mol. The molecule has 4 heteroatoms. The first-order chi connectivity index (χ1) is 11.4. The standard InChI is InChI=1S/C21H38O3Si/c1-11-19(24-25(9,10)21(5,6)7)18(4)20(23-8)17(3)14-12-13-16(2)15-22/h11-16,18-20H,1H2,2-10H3/b13-12+,17-14+/t16-,18-,19+,20+/m0/s1. The second kappa shape index (κ2) is 10.2. The molecule has 0 bridgehead atoms. The van der Waals surface area contributed by atoms with Crippen molar-refractivity contribution < 1.29 is 14.0 Å². The maximum absolute atomic E-state index is 10.7. The van der Waals surface area contributed by atoms with Crippen LogP contribution in [0.1, 0.15) is 41.5 Å². The molecule has 144 valence electrons. The van der Waals surface area contributed by atoms with Gasteiger partial charge in [-0.05, 0) is 30.6 Å². The van der Waals surface area contributed by atoms with Gasteiger partial charge in [-0.1, -0.05) is 58.9 Å². The number of hydrogen-bond acceptors (Lipinski definition) is 3. The molecular formula is C21H38O3Si. The van der Waals surface area contributed by atoms with Gasteiger partial charge < -0.3 is 14.0 Å². The van der Waals surface area contributed by atoms with Crippen molar-refractivity contribution in [1.29, 1.82) is 0 Å². The number of allylic oxidation sites excluding steroid dienone is 3. The highest BCUT2D eigenvalue weighted by molar-refractivity contribution is 6.74. The fourth-order valence-corrected chi connectivity index (χ4v) is 3.74. The number of carbonyl (C=O) groups is 1. The first-order valence-corrected chi connectivity index (χ1v) is 12.0. The molecule has 25 heavy (non-hydrogen) atoms. The Bertz CT molecular complexity index is 486. The number of hydrogen-bond donors (Lipinski definition) is 0. The van der Waals surface area contributed by atoms with Gasteiger partial charge in [0.05, 0.1) is 12.2 Å². The molecule has 0 amide bonds. The summed E-state index contributed by atoms with van der Waals surface area (Å²) >= 11 is 0. The highest BCUT2D eigenvalue weighted by atomic mass is 28.4. The number of ether oxygens (including phenoxy) is 1. The molecule has 0 saturated heterocycles. The maximum Gasteiger partial charge on any atom is 0.192 e. The molecule has 0 aliphatic heterocycles. The third-order valence-electron chi connectivity index (χ3n) is 5.16. The van der Waals surface area contributed by atoms with E-state index >= 15 is 0 Å². The van der Waals surface area contributed by atoms with Gasteiger partial charge in [0, 0.05) is 18.9 Å². The predicted molar refractivity (Wildman–Crippen MR) is 110 cm³/mol. The zero-order chi connectivity index (χ0) is 19.8. The van der Waals surface area contributed by atoms with Crippen LogP contribution in [0.5, 0.6) is 0 Å². The molecule has 0 radical (unpaired) electrons. The highest BCUT2D eigenvalue weighted by Crippen LogP contribution is 2.38. The van der Waals surface area contributed by atoms with E-state index in [9.17, 15) is 4.79 Å². The van der Waals surface area contributed by atoms with Crippen molar-refractivity contribution in [3.63, 3.8) is 0 Å². The van der Waals surface area contributed by atoms with Crippen LogP contribution in [0.25, 0.3) is 0 Å². The maximum atomic E-state index is 10.7. The molecule has 0 saturated carbocycles. The summed E-state index contributed by atoms with van der Waals surface area (Å²) in [6.45, 7) is 21.3. The van der Waals surface area contributed by atoms with Crippen molar-refractivity contribution in [3.8, 4) is 0 Å². The van der Waals surface area contributed by atoms with Crippen molar-refractivity contribution in [3.05, 3.63) is 36.5 Å². The molecule has 0 aromatic heterocycles. The Morgan fingerprint density at radius 3 is 2.16 bits per heavy atom. The molecule has 0 aliphatic rings. The van der Waals surface area contributed by atoms with Gasteiger partial charge in [-0.15, -0.1) is 6.58 Å². The van der Waals surface area contributed by atoms with Crippen LogP contribution in [0.15, 0.2) is 36.5 Å². The quantitative estimate of drug-likeness (QED) is 0.220. The third kappa shape index (κ3) is 7.43. The van der Waals surface area contributed by atoms with Crippen molar-refractivity contribution in [2.75, 3.05) is 7.11 Å². The Kier molecular flexibility index (Phi) is 9.84. The lowest BCUT2D eigenvalue weighted by Crippen LogP contribution is -2.46. The lowest BCUT2D eigenvalue weighted by Gasteiger charge is -2.41. The largest absolute Gasteiger partial charge is 0.410 e. The zero-order valence-electron chi connectivity index (χ0n) is 17.6. The van der Waals surface area contributed by atoms with E-state index < -0.39 is 8.32 Å². The smallest absolute Gasteiger partial charge is 0.192 e. The normalized spacial score (nSPS) is 18.7. The minimum atomic E-state index is -1.89. The van der Waals surface area contributed by atoms with Crippen LogP contribution in [-0.2, 0) is 14.0 Å². The van der Waals surface area contributed by atoms with Gasteiger partial charge in [-0.2, -0.15) is 0 Å². The molecule has 4 atom stereocenters. The Morgan fingerprint density at radius 2 is 1.76 bits per heavy atom. The highest BCUT2D eigenvalue weighted by Gasteiger charge is 2.40. The Labute approximate surface area is 156 Å². The van der Waals surface area contributed by atoms with E-state index in [1.807, 2.05) is 38.2 Å². The summed E-state index contributed by atoms with van der Waals surface area (Å²) in [5.41, 5.74) is 1.11. The topological polar surface area (TPSA) is 35.5 Å². The summed E-state index contributed by atoms with van der Waals surface area (Å²) in [6, 6.07) is 0. The summed E-state index contributed by atoms with van der Waals surface area (Å²) in [4.78, 5) is 10.7. The molecule has 0 unspecified atom stereocenters. The summed E-state index contributed by atoms with van der Waals surface area (Å²) in [5, 5.41) is 0.148. The van der Waals surface area contributed by atoms with Crippen molar-refractivity contribution in [2.45, 2.75) is 71.9 Å². The van der Waals surface area contributed by atoms with E-state index in [4.69, 9.17) is 9.16 Å². The molecule has 0 fully saturated rings. The summed E-state index contributed by atoms with van der Waals surface area (Å²) < 4.78 is 12.3. The molecule has 0 aromatic carbocycles. The van der Waals surface area contributed by atoms with Gasteiger partial charge in [0.15, 0.2) is 8.32 Å². The lowest BCUT2D eigenvalue weighted by molar-refractivity contribution is -0.109. The first kappa shape index (κ1) is 24.0. The van der Waals surface area contributed by atoms with Crippen LogP contribution < -0.4 is 0 Å². The number of methoxy groups -OCH3 is 1. The van der Waals surface area contributed by atoms with Crippen LogP contribution in [0.2, 0.25) is 18.1 Å². The molecule has 0 rings (SSSR count). The zero-order valence-corrected chi connectivity index (χ0v) is 18.6. The predicted octanol–water partition coefficient (Wildman–Crippen LogP) is 5.55.